The summed E-state index contributed by atoms with van der Waals surface area (Å²) in [4.78, 5) is 16.7. The molecule has 3 rings (SSSR count). The van der Waals surface area contributed by atoms with E-state index in [-0.39, 0.29) is 17.9 Å². The Labute approximate surface area is 145 Å². The average Bonchev–Trinajstić information content (AvgIpc) is 2.62. The van der Waals surface area contributed by atoms with Crippen molar-refractivity contribution in [3.8, 4) is 0 Å². The summed E-state index contributed by atoms with van der Waals surface area (Å²) in [5.41, 5.74) is 1.68. The van der Waals surface area contributed by atoms with E-state index in [1.165, 1.54) is 24.9 Å². The lowest BCUT2D eigenvalue weighted by molar-refractivity contribution is -0.139. The van der Waals surface area contributed by atoms with Crippen molar-refractivity contribution in [2.24, 2.45) is 5.41 Å². The van der Waals surface area contributed by atoms with Crippen molar-refractivity contribution in [3.05, 3.63) is 35.9 Å². The van der Waals surface area contributed by atoms with Gasteiger partial charge in [0.2, 0.25) is 5.91 Å². The number of hydrogen-bond acceptors (Lipinski definition) is 3. The lowest BCUT2D eigenvalue weighted by Gasteiger charge is -2.48. The summed E-state index contributed by atoms with van der Waals surface area (Å²) >= 11 is 0. The fourth-order valence-electron chi connectivity index (χ4n) is 4.33. The summed E-state index contributed by atoms with van der Waals surface area (Å²) in [6.07, 6.45) is 5.97. The monoisotopic (exact) mass is 330 g/mol. The van der Waals surface area contributed by atoms with Gasteiger partial charge in [-0.2, -0.15) is 0 Å². The van der Waals surface area contributed by atoms with Crippen molar-refractivity contribution in [1.82, 2.24) is 9.80 Å². The Kier molecular flexibility index (Phi) is 5.90. The zero-order valence-electron chi connectivity index (χ0n) is 14.6. The van der Waals surface area contributed by atoms with Gasteiger partial charge in [-0.3, -0.25) is 4.79 Å². The molecule has 4 nitrogen and oxygen atoms in total. The first-order chi connectivity index (χ1) is 11.7. The second kappa shape index (κ2) is 8.13. The number of rotatable bonds is 6. The molecule has 1 aromatic carbocycles. The highest BCUT2D eigenvalue weighted by Gasteiger charge is 2.41. The molecule has 1 atom stereocenters. The van der Waals surface area contributed by atoms with Gasteiger partial charge in [0.05, 0.1) is 0 Å². The van der Waals surface area contributed by atoms with Gasteiger partial charge in [-0.1, -0.05) is 30.3 Å². The van der Waals surface area contributed by atoms with E-state index >= 15 is 0 Å². The highest BCUT2D eigenvalue weighted by Crippen LogP contribution is 2.38. The number of hydrogen-bond donors (Lipinski definition) is 1. The van der Waals surface area contributed by atoms with Gasteiger partial charge in [0.1, 0.15) is 0 Å². The summed E-state index contributed by atoms with van der Waals surface area (Å²) in [6.45, 7) is 5.16. The van der Waals surface area contributed by atoms with Crippen molar-refractivity contribution < 1.29 is 9.90 Å². The van der Waals surface area contributed by atoms with Gasteiger partial charge in [0.15, 0.2) is 0 Å². The SMILES string of the molecule is O=C1CCC2(CCCN(CCc3ccccc3)C2)CN1CCCO. The van der Waals surface area contributed by atoms with E-state index in [2.05, 4.69) is 35.2 Å². The molecule has 2 aliphatic heterocycles. The van der Waals surface area contributed by atoms with Crippen LogP contribution in [0.5, 0.6) is 0 Å². The number of aliphatic hydroxyl groups excluding tert-OH is 1. The van der Waals surface area contributed by atoms with E-state index < -0.39 is 0 Å². The van der Waals surface area contributed by atoms with Crippen LogP contribution in [-0.2, 0) is 11.2 Å². The molecule has 0 aromatic heterocycles. The first-order valence-electron chi connectivity index (χ1n) is 9.36. The molecule has 132 valence electrons. The molecule has 2 heterocycles. The van der Waals surface area contributed by atoms with Gasteiger partial charge in [-0.05, 0) is 44.2 Å². The van der Waals surface area contributed by atoms with E-state index in [9.17, 15) is 4.79 Å². The summed E-state index contributed by atoms with van der Waals surface area (Å²) in [5.74, 6) is 0.274. The summed E-state index contributed by atoms with van der Waals surface area (Å²) in [5, 5.41) is 9.06. The van der Waals surface area contributed by atoms with Gasteiger partial charge in [-0.25, -0.2) is 0 Å². The fourth-order valence-corrected chi connectivity index (χ4v) is 4.33. The van der Waals surface area contributed by atoms with Crippen LogP contribution in [0.15, 0.2) is 30.3 Å². The molecule has 1 unspecified atom stereocenters. The number of benzene rings is 1. The second-order valence-electron chi connectivity index (χ2n) is 7.51. The minimum Gasteiger partial charge on any atom is -0.396 e. The average molecular weight is 330 g/mol. The van der Waals surface area contributed by atoms with Crippen LogP contribution in [0, 0.1) is 5.41 Å². The van der Waals surface area contributed by atoms with E-state index in [0.29, 0.717) is 19.4 Å². The molecular weight excluding hydrogens is 300 g/mol. The predicted octanol–water partition coefficient (Wildman–Crippen LogP) is 2.32. The number of carbonyl (C=O) groups is 1. The van der Waals surface area contributed by atoms with Crippen molar-refractivity contribution in [1.29, 1.82) is 0 Å². The van der Waals surface area contributed by atoms with Crippen LogP contribution in [0.25, 0.3) is 0 Å². The van der Waals surface area contributed by atoms with E-state index in [0.717, 1.165) is 32.5 Å². The quantitative estimate of drug-likeness (QED) is 0.870. The fraction of sp³-hybridized carbons (Fsp3) is 0.650. The van der Waals surface area contributed by atoms with Crippen LogP contribution in [0.4, 0.5) is 0 Å². The van der Waals surface area contributed by atoms with Crippen molar-refractivity contribution in [3.63, 3.8) is 0 Å². The third-order valence-electron chi connectivity index (χ3n) is 5.63. The Morgan fingerprint density at radius 3 is 2.71 bits per heavy atom. The lowest BCUT2D eigenvalue weighted by atomic mass is 9.73. The summed E-state index contributed by atoms with van der Waals surface area (Å²) in [7, 11) is 0. The first-order valence-corrected chi connectivity index (χ1v) is 9.36. The van der Waals surface area contributed by atoms with Crippen LogP contribution < -0.4 is 0 Å². The largest absolute Gasteiger partial charge is 0.396 e. The molecule has 0 saturated carbocycles. The number of aliphatic hydroxyl groups is 1. The van der Waals surface area contributed by atoms with Gasteiger partial charge >= 0.3 is 0 Å². The maximum absolute atomic E-state index is 12.1. The maximum atomic E-state index is 12.1. The number of carbonyl (C=O) groups excluding carboxylic acids is 1. The lowest BCUT2D eigenvalue weighted by Crippen LogP contribution is -2.54. The molecule has 4 heteroatoms. The number of nitrogens with zero attached hydrogens (tertiary/aromatic N) is 2. The zero-order chi connectivity index (χ0) is 16.8. The van der Waals surface area contributed by atoms with Gasteiger partial charge in [0, 0.05) is 44.6 Å². The Balaban J connectivity index is 1.56. The molecular formula is C20H30N2O2. The standard InChI is InChI=1S/C20H30N2O2/c23-15-5-13-22-17-20(11-8-19(22)24)10-4-12-21(16-20)14-9-18-6-2-1-3-7-18/h1-3,6-7,23H,4-5,8-17H2. The Morgan fingerprint density at radius 1 is 1.08 bits per heavy atom. The molecule has 2 saturated heterocycles. The smallest absolute Gasteiger partial charge is 0.222 e. The normalized spacial score (nSPS) is 25.4. The molecule has 1 aromatic rings. The second-order valence-corrected chi connectivity index (χ2v) is 7.51. The van der Waals surface area contributed by atoms with E-state index in [1.54, 1.807) is 0 Å². The first kappa shape index (κ1) is 17.4. The van der Waals surface area contributed by atoms with Crippen molar-refractivity contribution in [2.45, 2.75) is 38.5 Å². The van der Waals surface area contributed by atoms with E-state index in [4.69, 9.17) is 5.11 Å². The Hall–Kier alpha value is -1.39. The van der Waals surface area contributed by atoms with Crippen LogP contribution >= 0.6 is 0 Å². The van der Waals surface area contributed by atoms with Crippen LogP contribution in [0.1, 0.15) is 37.7 Å². The summed E-state index contributed by atoms with van der Waals surface area (Å²) < 4.78 is 0. The van der Waals surface area contributed by atoms with Crippen LogP contribution in [-0.4, -0.2) is 60.1 Å². The molecule has 1 spiro atoms. The highest BCUT2D eigenvalue weighted by atomic mass is 16.3. The third kappa shape index (κ3) is 4.37. The molecule has 0 aliphatic carbocycles. The molecule has 24 heavy (non-hydrogen) atoms. The Bertz CT molecular complexity index is 534. The Morgan fingerprint density at radius 2 is 1.92 bits per heavy atom. The molecule has 0 bridgehead atoms. The minimum absolute atomic E-state index is 0.167. The number of amides is 1. The van der Waals surface area contributed by atoms with Gasteiger partial charge < -0.3 is 14.9 Å². The van der Waals surface area contributed by atoms with Gasteiger partial charge in [0.25, 0.3) is 0 Å². The van der Waals surface area contributed by atoms with Gasteiger partial charge in [-0.15, -0.1) is 0 Å². The maximum Gasteiger partial charge on any atom is 0.222 e. The number of likely N-dealkylation sites (tertiary alicyclic amines) is 2. The molecule has 1 amide bonds. The minimum atomic E-state index is 0.167. The predicted molar refractivity (Wildman–Crippen MR) is 95.8 cm³/mol. The van der Waals surface area contributed by atoms with Crippen molar-refractivity contribution in [2.75, 3.05) is 39.3 Å². The molecule has 2 fully saturated rings. The zero-order valence-corrected chi connectivity index (χ0v) is 14.6. The highest BCUT2D eigenvalue weighted by molar-refractivity contribution is 5.77. The van der Waals surface area contributed by atoms with Crippen LogP contribution in [0.3, 0.4) is 0 Å². The molecule has 1 N–H and O–H groups in total. The van der Waals surface area contributed by atoms with Crippen molar-refractivity contribution >= 4 is 5.91 Å². The number of piperidine rings is 2. The summed E-state index contributed by atoms with van der Waals surface area (Å²) in [6, 6.07) is 10.7. The molecule has 2 aliphatic rings. The van der Waals surface area contributed by atoms with E-state index in [1.807, 2.05) is 4.90 Å². The van der Waals surface area contributed by atoms with Crippen LogP contribution in [0.2, 0.25) is 0 Å². The molecule has 0 radical (unpaired) electrons. The third-order valence-corrected chi connectivity index (χ3v) is 5.63. The topological polar surface area (TPSA) is 43.8 Å².